The van der Waals surface area contributed by atoms with Gasteiger partial charge in [0.2, 0.25) is 0 Å². The zero-order chi connectivity index (χ0) is 8.27. The fourth-order valence-electron chi connectivity index (χ4n) is 1.21. The molecule has 0 aliphatic carbocycles. The number of carbonyl (C=O) groups is 1. The Morgan fingerprint density at radius 2 is 2.42 bits per heavy atom. The molecule has 0 aromatic carbocycles. The van der Waals surface area contributed by atoms with E-state index in [0.29, 0.717) is 0 Å². The SMILES string of the molecule is C=CC(=O)OC1CCCN1C.Cl. The van der Waals surface area contributed by atoms with Crippen LogP contribution in [0.4, 0.5) is 0 Å². The van der Waals surface area contributed by atoms with Gasteiger partial charge in [0.15, 0.2) is 6.23 Å². The van der Waals surface area contributed by atoms with Gasteiger partial charge in [-0.2, -0.15) is 0 Å². The summed E-state index contributed by atoms with van der Waals surface area (Å²) in [5, 5.41) is 0. The Bertz CT molecular complexity index is 172. The maximum atomic E-state index is 10.7. The van der Waals surface area contributed by atoms with E-state index in [0.717, 1.165) is 19.4 Å². The van der Waals surface area contributed by atoms with Crippen LogP contribution >= 0.6 is 12.4 Å². The average molecular weight is 192 g/mol. The Kier molecular flexibility index (Phi) is 4.93. The first-order valence-electron chi connectivity index (χ1n) is 3.77. The van der Waals surface area contributed by atoms with Gasteiger partial charge in [-0.15, -0.1) is 12.4 Å². The molecule has 1 saturated heterocycles. The van der Waals surface area contributed by atoms with Crippen LogP contribution in [-0.2, 0) is 9.53 Å². The summed E-state index contributed by atoms with van der Waals surface area (Å²) in [6.07, 6.45) is 3.22. The van der Waals surface area contributed by atoms with Gasteiger partial charge in [0.1, 0.15) is 0 Å². The lowest BCUT2D eigenvalue weighted by Gasteiger charge is -2.18. The van der Waals surface area contributed by atoms with Crippen LogP contribution in [0.1, 0.15) is 12.8 Å². The molecule has 1 aliphatic rings. The maximum Gasteiger partial charge on any atom is 0.331 e. The van der Waals surface area contributed by atoms with E-state index in [9.17, 15) is 4.79 Å². The Balaban J connectivity index is 0.00000121. The Hall–Kier alpha value is -0.540. The Morgan fingerprint density at radius 1 is 1.75 bits per heavy atom. The predicted molar refractivity (Wildman–Crippen MR) is 49.2 cm³/mol. The van der Waals surface area contributed by atoms with Crippen LogP contribution in [-0.4, -0.2) is 30.7 Å². The molecule has 70 valence electrons. The number of carbonyl (C=O) groups excluding carboxylic acids is 1. The van der Waals surface area contributed by atoms with E-state index in [1.165, 1.54) is 6.08 Å². The van der Waals surface area contributed by atoms with Gasteiger partial charge in [-0.25, -0.2) is 4.79 Å². The summed E-state index contributed by atoms with van der Waals surface area (Å²) in [6, 6.07) is 0. The summed E-state index contributed by atoms with van der Waals surface area (Å²) in [7, 11) is 1.95. The first kappa shape index (κ1) is 11.5. The molecule has 1 rings (SSSR count). The molecule has 1 fully saturated rings. The fourth-order valence-corrected chi connectivity index (χ4v) is 1.21. The first-order valence-corrected chi connectivity index (χ1v) is 3.77. The second kappa shape index (κ2) is 5.17. The van der Waals surface area contributed by atoms with Crippen LogP contribution in [0.25, 0.3) is 0 Å². The molecule has 0 amide bonds. The van der Waals surface area contributed by atoms with Crippen molar-refractivity contribution < 1.29 is 9.53 Å². The van der Waals surface area contributed by atoms with Crippen LogP contribution in [0.15, 0.2) is 12.7 Å². The zero-order valence-corrected chi connectivity index (χ0v) is 7.97. The molecule has 0 radical (unpaired) electrons. The molecular formula is C8H14ClNO2. The lowest BCUT2D eigenvalue weighted by atomic mass is 10.4. The van der Waals surface area contributed by atoms with Gasteiger partial charge in [0.05, 0.1) is 0 Å². The monoisotopic (exact) mass is 191 g/mol. The minimum atomic E-state index is -0.330. The fraction of sp³-hybridized carbons (Fsp3) is 0.625. The van der Waals surface area contributed by atoms with Crippen LogP contribution in [0.2, 0.25) is 0 Å². The third kappa shape index (κ3) is 2.83. The molecule has 0 bridgehead atoms. The lowest BCUT2D eigenvalue weighted by molar-refractivity contribution is -0.149. The van der Waals surface area contributed by atoms with Crippen molar-refractivity contribution in [3.63, 3.8) is 0 Å². The molecule has 12 heavy (non-hydrogen) atoms. The minimum Gasteiger partial charge on any atom is -0.443 e. The van der Waals surface area contributed by atoms with Crippen molar-refractivity contribution in [1.82, 2.24) is 4.90 Å². The lowest BCUT2D eigenvalue weighted by Crippen LogP contribution is -2.29. The van der Waals surface area contributed by atoms with Crippen LogP contribution in [0, 0.1) is 0 Å². The number of esters is 1. The van der Waals surface area contributed by atoms with Gasteiger partial charge in [-0.1, -0.05) is 6.58 Å². The minimum absolute atomic E-state index is 0. The highest BCUT2D eigenvalue weighted by atomic mass is 35.5. The third-order valence-electron chi connectivity index (χ3n) is 1.87. The molecule has 4 heteroatoms. The molecule has 3 nitrogen and oxygen atoms in total. The van der Waals surface area contributed by atoms with Gasteiger partial charge >= 0.3 is 5.97 Å². The molecule has 1 atom stereocenters. The van der Waals surface area contributed by atoms with Crippen molar-refractivity contribution in [2.24, 2.45) is 0 Å². The molecule has 1 aliphatic heterocycles. The summed E-state index contributed by atoms with van der Waals surface area (Å²) >= 11 is 0. The zero-order valence-electron chi connectivity index (χ0n) is 7.16. The summed E-state index contributed by atoms with van der Waals surface area (Å²) in [5.41, 5.74) is 0. The number of ether oxygens (including phenoxy) is 1. The quantitative estimate of drug-likeness (QED) is 0.485. The van der Waals surface area contributed by atoms with Gasteiger partial charge in [0, 0.05) is 12.6 Å². The van der Waals surface area contributed by atoms with E-state index < -0.39 is 0 Å². The molecule has 1 heterocycles. The summed E-state index contributed by atoms with van der Waals surface area (Å²) in [5.74, 6) is -0.330. The normalized spacial score (nSPS) is 22.9. The molecule has 0 aromatic heterocycles. The molecule has 1 unspecified atom stereocenters. The van der Waals surface area contributed by atoms with Gasteiger partial charge in [-0.3, -0.25) is 4.90 Å². The van der Waals surface area contributed by atoms with Gasteiger partial charge < -0.3 is 4.74 Å². The van der Waals surface area contributed by atoms with E-state index in [1.807, 2.05) is 11.9 Å². The topological polar surface area (TPSA) is 29.5 Å². The highest BCUT2D eigenvalue weighted by Crippen LogP contribution is 2.15. The summed E-state index contributed by atoms with van der Waals surface area (Å²) in [4.78, 5) is 12.8. The summed E-state index contributed by atoms with van der Waals surface area (Å²) < 4.78 is 5.04. The predicted octanol–water partition coefficient (Wildman–Crippen LogP) is 1.19. The summed E-state index contributed by atoms with van der Waals surface area (Å²) in [6.45, 7) is 4.34. The third-order valence-corrected chi connectivity index (χ3v) is 1.87. The molecule has 0 saturated carbocycles. The van der Waals surface area contributed by atoms with Crippen molar-refractivity contribution in [3.05, 3.63) is 12.7 Å². The van der Waals surface area contributed by atoms with E-state index >= 15 is 0 Å². The number of nitrogens with zero attached hydrogens (tertiary/aromatic N) is 1. The van der Waals surface area contributed by atoms with Crippen molar-refractivity contribution in [3.8, 4) is 0 Å². The van der Waals surface area contributed by atoms with Crippen molar-refractivity contribution in [2.75, 3.05) is 13.6 Å². The number of hydrogen-bond acceptors (Lipinski definition) is 3. The van der Waals surface area contributed by atoms with Crippen LogP contribution < -0.4 is 0 Å². The van der Waals surface area contributed by atoms with Gasteiger partial charge in [-0.05, 0) is 19.9 Å². The molecule has 0 aromatic rings. The number of likely N-dealkylation sites (tertiary alicyclic amines) is 1. The molecule has 0 spiro atoms. The van der Waals surface area contributed by atoms with Gasteiger partial charge in [0.25, 0.3) is 0 Å². The highest BCUT2D eigenvalue weighted by molar-refractivity contribution is 5.85. The molecule has 0 N–H and O–H groups in total. The van der Waals surface area contributed by atoms with Crippen molar-refractivity contribution in [2.45, 2.75) is 19.1 Å². The smallest absolute Gasteiger partial charge is 0.331 e. The second-order valence-corrected chi connectivity index (χ2v) is 2.72. The van der Waals surface area contributed by atoms with Crippen LogP contribution in [0.5, 0.6) is 0 Å². The largest absolute Gasteiger partial charge is 0.443 e. The van der Waals surface area contributed by atoms with E-state index in [1.54, 1.807) is 0 Å². The molecular weight excluding hydrogens is 178 g/mol. The Morgan fingerprint density at radius 3 is 2.83 bits per heavy atom. The van der Waals surface area contributed by atoms with E-state index in [2.05, 4.69) is 6.58 Å². The average Bonchev–Trinajstić information content (AvgIpc) is 2.37. The number of hydrogen-bond donors (Lipinski definition) is 0. The van der Waals surface area contributed by atoms with E-state index in [4.69, 9.17) is 4.74 Å². The standard InChI is InChI=1S/C8H13NO2.ClH/c1-3-8(10)11-7-5-4-6-9(7)2;/h3,7H,1,4-6H2,2H3;1H. The number of rotatable bonds is 2. The Labute approximate surface area is 78.8 Å². The van der Waals surface area contributed by atoms with Crippen molar-refractivity contribution >= 4 is 18.4 Å². The van der Waals surface area contributed by atoms with E-state index in [-0.39, 0.29) is 24.6 Å². The first-order chi connectivity index (χ1) is 5.24. The highest BCUT2D eigenvalue weighted by Gasteiger charge is 2.23. The van der Waals surface area contributed by atoms with Crippen molar-refractivity contribution in [1.29, 1.82) is 0 Å². The van der Waals surface area contributed by atoms with Crippen LogP contribution in [0.3, 0.4) is 0 Å². The second-order valence-electron chi connectivity index (χ2n) is 2.72. The number of halogens is 1. The maximum absolute atomic E-state index is 10.7.